The minimum Gasteiger partial charge on any atom is -0.435 e. The van der Waals surface area contributed by atoms with Gasteiger partial charge in [0.05, 0.1) is 11.4 Å². The summed E-state index contributed by atoms with van der Waals surface area (Å²) in [7, 11) is 0. The van der Waals surface area contributed by atoms with Crippen LogP contribution in [0, 0.1) is 5.82 Å². The molecule has 4 nitrogen and oxygen atoms in total. The summed E-state index contributed by atoms with van der Waals surface area (Å²) < 4.78 is 46.2. The first-order valence-electron chi connectivity index (χ1n) is 14.3. The number of benzene rings is 4. The summed E-state index contributed by atoms with van der Waals surface area (Å²) in [4.78, 5) is 7.42. The highest BCUT2D eigenvalue weighted by Crippen LogP contribution is 2.32. The molecule has 0 spiro atoms. The van der Waals surface area contributed by atoms with E-state index in [2.05, 4.69) is 45.4 Å². The van der Waals surface area contributed by atoms with Gasteiger partial charge in [-0.3, -0.25) is 4.90 Å². The molecule has 0 saturated heterocycles. The average Bonchev–Trinajstić information content (AvgIpc) is 3.36. The van der Waals surface area contributed by atoms with Crippen molar-refractivity contribution in [3.05, 3.63) is 131 Å². The smallest absolute Gasteiger partial charge is 0.387 e. The maximum Gasteiger partial charge on any atom is 0.387 e. The van der Waals surface area contributed by atoms with Crippen LogP contribution < -0.4 is 4.74 Å². The number of halogens is 4. The van der Waals surface area contributed by atoms with Gasteiger partial charge in [0, 0.05) is 42.3 Å². The van der Waals surface area contributed by atoms with Crippen LogP contribution in [0.4, 0.5) is 13.2 Å². The fourth-order valence-electron chi connectivity index (χ4n) is 5.14. The Morgan fingerprint density at radius 2 is 1.51 bits per heavy atom. The number of nitrogens with zero attached hydrogens (tertiary/aromatic N) is 3. The van der Waals surface area contributed by atoms with Crippen LogP contribution in [0.15, 0.2) is 103 Å². The van der Waals surface area contributed by atoms with Crippen molar-refractivity contribution in [2.75, 3.05) is 0 Å². The van der Waals surface area contributed by atoms with Crippen LogP contribution in [-0.2, 0) is 26.2 Å². The second kappa shape index (κ2) is 14.4. The van der Waals surface area contributed by atoms with Crippen molar-refractivity contribution in [1.29, 1.82) is 0 Å². The van der Waals surface area contributed by atoms with Crippen molar-refractivity contribution in [1.82, 2.24) is 14.5 Å². The van der Waals surface area contributed by atoms with Crippen LogP contribution in [0.3, 0.4) is 0 Å². The molecule has 0 unspecified atom stereocenters. The maximum absolute atomic E-state index is 13.9. The Morgan fingerprint density at radius 3 is 2.14 bits per heavy atom. The van der Waals surface area contributed by atoms with Gasteiger partial charge >= 0.3 is 6.61 Å². The molecule has 5 aromatic rings. The van der Waals surface area contributed by atoms with Crippen LogP contribution >= 0.6 is 11.6 Å². The van der Waals surface area contributed by atoms with Crippen molar-refractivity contribution in [3.8, 4) is 28.4 Å². The molecule has 0 atom stereocenters. The zero-order chi connectivity index (χ0) is 30.2. The number of hydrogen-bond donors (Lipinski definition) is 0. The SMILES string of the molecule is CCCCn1c(-c2ccccc2)nc(-c2ccccc2)c1CN(Cc1ccc(OC(F)F)cc1)Cc1ccc(F)cc1Cl. The minimum atomic E-state index is -2.89. The summed E-state index contributed by atoms with van der Waals surface area (Å²) in [5.41, 5.74) is 5.68. The van der Waals surface area contributed by atoms with Gasteiger partial charge in [-0.15, -0.1) is 0 Å². The zero-order valence-corrected chi connectivity index (χ0v) is 24.7. The highest BCUT2D eigenvalue weighted by Gasteiger charge is 2.22. The van der Waals surface area contributed by atoms with Crippen LogP contribution in [0.25, 0.3) is 22.6 Å². The predicted octanol–water partition coefficient (Wildman–Crippen LogP) is 9.61. The number of hydrogen-bond acceptors (Lipinski definition) is 3. The lowest BCUT2D eigenvalue weighted by molar-refractivity contribution is -0.0498. The first-order valence-corrected chi connectivity index (χ1v) is 14.7. The zero-order valence-electron chi connectivity index (χ0n) is 23.9. The van der Waals surface area contributed by atoms with Crippen LogP contribution in [-0.4, -0.2) is 21.1 Å². The molecule has 0 radical (unpaired) electrons. The van der Waals surface area contributed by atoms with E-state index < -0.39 is 12.4 Å². The number of unbranched alkanes of at least 4 members (excludes halogenated alkanes) is 1. The third kappa shape index (κ3) is 7.86. The third-order valence-corrected chi connectivity index (χ3v) is 7.58. The summed E-state index contributed by atoms with van der Waals surface area (Å²) in [6.07, 6.45) is 2.00. The summed E-state index contributed by atoms with van der Waals surface area (Å²) in [6.45, 7) is 1.50. The molecule has 0 aliphatic rings. The fraction of sp³-hybridized carbons (Fsp3) is 0.229. The minimum absolute atomic E-state index is 0.100. The second-order valence-electron chi connectivity index (χ2n) is 10.4. The Morgan fingerprint density at radius 1 is 0.837 bits per heavy atom. The molecule has 8 heteroatoms. The molecule has 5 rings (SSSR count). The highest BCUT2D eigenvalue weighted by atomic mass is 35.5. The lowest BCUT2D eigenvalue weighted by Crippen LogP contribution is -2.25. The van der Waals surface area contributed by atoms with Gasteiger partial charge in [-0.05, 0) is 41.8 Å². The maximum atomic E-state index is 13.9. The molecule has 0 aliphatic carbocycles. The Balaban J connectivity index is 1.59. The Hall–Kier alpha value is -4.07. The number of imidazole rings is 1. The standard InChI is InChI=1S/C35H33ClF3N3O/c1-2-3-20-42-32(33(26-10-6-4-7-11-26)40-34(42)27-12-8-5-9-13-27)24-41(23-28-16-17-29(37)21-31(28)36)22-25-14-18-30(19-15-25)43-35(38)39/h4-19,21,35H,2-3,20,22-24H2,1H3. The summed E-state index contributed by atoms with van der Waals surface area (Å²) in [5, 5.41) is 0.346. The van der Waals surface area contributed by atoms with E-state index in [1.807, 2.05) is 36.4 Å². The molecule has 1 heterocycles. The van der Waals surface area contributed by atoms with Gasteiger partial charge in [0.2, 0.25) is 0 Å². The summed E-state index contributed by atoms with van der Waals surface area (Å²) in [5.74, 6) is 0.603. The van der Waals surface area contributed by atoms with Gasteiger partial charge in [0.15, 0.2) is 0 Å². The van der Waals surface area contributed by atoms with Crippen LogP contribution in [0.5, 0.6) is 5.75 Å². The highest BCUT2D eigenvalue weighted by molar-refractivity contribution is 6.31. The van der Waals surface area contributed by atoms with E-state index in [1.54, 1.807) is 30.3 Å². The number of ether oxygens (including phenoxy) is 1. The Bertz CT molecular complexity index is 1610. The van der Waals surface area contributed by atoms with Crippen molar-refractivity contribution in [3.63, 3.8) is 0 Å². The van der Waals surface area contributed by atoms with E-state index in [4.69, 9.17) is 16.6 Å². The molecule has 0 aliphatic heterocycles. The molecule has 43 heavy (non-hydrogen) atoms. The number of alkyl halides is 2. The average molecular weight is 604 g/mol. The molecule has 222 valence electrons. The van der Waals surface area contributed by atoms with Gasteiger partial charge in [-0.1, -0.05) is 104 Å². The van der Waals surface area contributed by atoms with Crippen molar-refractivity contribution in [2.24, 2.45) is 0 Å². The molecule has 4 aromatic carbocycles. The Kier molecular flexibility index (Phi) is 10.2. The number of rotatable bonds is 13. The summed E-state index contributed by atoms with van der Waals surface area (Å²) >= 11 is 6.49. The lowest BCUT2D eigenvalue weighted by atomic mass is 10.1. The largest absolute Gasteiger partial charge is 0.435 e. The van der Waals surface area contributed by atoms with Crippen molar-refractivity contribution >= 4 is 11.6 Å². The molecular weight excluding hydrogens is 571 g/mol. The molecule has 0 saturated carbocycles. The van der Waals surface area contributed by atoms with Crippen LogP contribution in [0.1, 0.15) is 36.6 Å². The molecule has 1 aromatic heterocycles. The van der Waals surface area contributed by atoms with E-state index in [0.717, 1.165) is 58.9 Å². The first kappa shape index (κ1) is 30.4. The lowest BCUT2D eigenvalue weighted by Gasteiger charge is -2.25. The van der Waals surface area contributed by atoms with Gasteiger partial charge < -0.3 is 9.30 Å². The van der Waals surface area contributed by atoms with Gasteiger partial charge in [-0.2, -0.15) is 8.78 Å². The fourth-order valence-corrected chi connectivity index (χ4v) is 5.37. The normalized spacial score (nSPS) is 11.4. The third-order valence-electron chi connectivity index (χ3n) is 7.22. The summed E-state index contributed by atoms with van der Waals surface area (Å²) in [6, 6.07) is 31.4. The van der Waals surface area contributed by atoms with E-state index in [0.29, 0.717) is 24.7 Å². The van der Waals surface area contributed by atoms with E-state index in [9.17, 15) is 13.2 Å². The molecule has 0 N–H and O–H groups in total. The second-order valence-corrected chi connectivity index (χ2v) is 10.8. The topological polar surface area (TPSA) is 30.3 Å². The molecule has 0 amide bonds. The number of aromatic nitrogens is 2. The van der Waals surface area contributed by atoms with E-state index in [1.165, 1.54) is 12.1 Å². The monoisotopic (exact) mass is 603 g/mol. The van der Waals surface area contributed by atoms with Crippen LogP contribution in [0.2, 0.25) is 5.02 Å². The first-order chi connectivity index (χ1) is 20.9. The van der Waals surface area contributed by atoms with Crippen molar-refractivity contribution in [2.45, 2.75) is 52.6 Å². The molecule has 0 bridgehead atoms. The predicted molar refractivity (Wildman–Crippen MR) is 165 cm³/mol. The van der Waals surface area contributed by atoms with Crippen molar-refractivity contribution < 1.29 is 17.9 Å². The van der Waals surface area contributed by atoms with Gasteiger partial charge in [0.25, 0.3) is 0 Å². The molecule has 0 fully saturated rings. The van der Waals surface area contributed by atoms with E-state index >= 15 is 0 Å². The van der Waals surface area contributed by atoms with Gasteiger partial charge in [0.1, 0.15) is 17.4 Å². The quantitative estimate of drug-likeness (QED) is 0.134. The Labute approximate surface area is 255 Å². The van der Waals surface area contributed by atoms with Gasteiger partial charge in [-0.25, -0.2) is 9.37 Å². The molecular formula is C35H33ClF3N3O. The van der Waals surface area contributed by atoms with E-state index in [-0.39, 0.29) is 5.75 Å².